The fourth-order valence-electron chi connectivity index (χ4n) is 3.60. The quantitative estimate of drug-likeness (QED) is 0.574. The number of aryl methyl sites for hydroxylation is 2. The van der Waals surface area contributed by atoms with Crippen LogP contribution in [-0.2, 0) is 14.8 Å². The second kappa shape index (κ2) is 8.71. The fourth-order valence-corrected chi connectivity index (χ4v) is 5.07. The van der Waals surface area contributed by atoms with Crippen LogP contribution in [0.1, 0.15) is 28.4 Å². The van der Waals surface area contributed by atoms with E-state index in [1.807, 2.05) is 13.8 Å². The molecule has 0 bridgehead atoms. The highest BCUT2D eigenvalue weighted by atomic mass is 32.2. The molecule has 0 unspecified atom stereocenters. The number of carbonyl (C=O) groups is 2. The number of benzene rings is 3. The van der Waals surface area contributed by atoms with Crippen molar-refractivity contribution < 1.29 is 22.7 Å². The summed E-state index contributed by atoms with van der Waals surface area (Å²) in [6.07, 6.45) is -1.08. The van der Waals surface area contributed by atoms with Crippen molar-refractivity contribution in [1.82, 2.24) is 0 Å². The standard InChI is InChI=1S/C25H24N2O5S/c1-16-7-10-21(11-8-16)33(30,31)27-15-24(32-23-12-9-17(2)13-22(23)27)25(29)26-20-6-4-5-19(14-20)18(3)28/h4-14,24H,15H2,1-3H3,(H,26,29)/t24-/m1/s1. The molecule has 7 nitrogen and oxygen atoms in total. The van der Waals surface area contributed by atoms with Crippen LogP contribution in [0.3, 0.4) is 0 Å². The molecule has 4 rings (SSSR count). The zero-order chi connectivity index (χ0) is 23.8. The average molecular weight is 465 g/mol. The number of amides is 1. The highest BCUT2D eigenvalue weighted by Gasteiger charge is 2.37. The number of anilines is 2. The lowest BCUT2D eigenvalue weighted by atomic mass is 10.1. The molecule has 3 aromatic carbocycles. The summed E-state index contributed by atoms with van der Waals surface area (Å²) in [5, 5.41) is 2.73. The third-order valence-electron chi connectivity index (χ3n) is 5.42. The van der Waals surface area contributed by atoms with Gasteiger partial charge in [-0.1, -0.05) is 35.9 Å². The van der Waals surface area contributed by atoms with E-state index in [9.17, 15) is 18.0 Å². The van der Waals surface area contributed by atoms with Gasteiger partial charge in [0.25, 0.3) is 15.9 Å². The summed E-state index contributed by atoms with van der Waals surface area (Å²) in [5.74, 6) is -0.328. The van der Waals surface area contributed by atoms with E-state index in [1.165, 1.54) is 11.2 Å². The Morgan fingerprint density at radius 3 is 2.36 bits per heavy atom. The van der Waals surface area contributed by atoms with Gasteiger partial charge >= 0.3 is 0 Å². The molecule has 0 aromatic heterocycles. The predicted octanol–water partition coefficient (Wildman–Crippen LogP) is 4.10. The van der Waals surface area contributed by atoms with Crippen molar-refractivity contribution >= 4 is 33.1 Å². The van der Waals surface area contributed by atoms with Crippen molar-refractivity contribution in [2.75, 3.05) is 16.2 Å². The Hall–Kier alpha value is -3.65. The summed E-state index contributed by atoms with van der Waals surface area (Å²) in [6.45, 7) is 4.99. The van der Waals surface area contributed by atoms with Gasteiger partial charge in [-0.2, -0.15) is 0 Å². The number of Topliss-reactive ketones (excluding diaryl/α,β-unsaturated/α-hetero) is 1. The van der Waals surface area contributed by atoms with Gasteiger partial charge in [0.2, 0.25) is 0 Å². The van der Waals surface area contributed by atoms with Gasteiger partial charge in [-0.3, -0.25) is 13.9 Å². The van der Waals surface area contributed by atoms with Gasteiger partial charge in [0.1, 0.15) is 5.75 Å². The van der Waals surface area contributed by atoms with Gasteiger partial charge in [0, 0.05) is 11.3 Å². The largest absolute Gasteiger partial charge is 0.476 e. The summed E-state index contributed by atoms with van der Waals surface area (Å²) in [7, 11) is -3.94. The molecule has 33 heavy (non-hydrogen) atoms. The van der Waals surface area contributed by atoms with Crippen molar-refractivity contribution in [1.29, 1.82) is 0 Å². The number of fused-ring (bicyclic) bond motifs is 1. The Kier molecular flexibility index (Phi) is 5.95. The molecule has 0 saturated heterocycles. The third kappa shape index (κ3) is 4.61. The van der Waals surface area contributed by atoms with E-state index in [4.69, 9.17) is 4.74 Å². The molecule has 0 fully saturated rings. The first kappa shape index (κ1) is 22.5. The Morgan fingerprint density at radius 1 is 0.970 bits per heavy atom. The lowest BCUT2D eigenvalue weighted by molar-refractivity contribution is -0.122. The number of ketones is 1. The van der Waals surface area contributed by atoms with Gasteiger partial charge in [-0.05, 0) is 62.7 Å². The molecule has 1 amide bonds. The molecule has 1 aliphatic rings. The van der Waals surface area contributed by atoms with Crippen LogP contribution in [0.2, 0.25) is 0 Å². The Balaban J connectivity index is 1.68. The smallest absolute Gasteiger partial charge is 0.267 e. The van der Waals surface area contributed by atoms with Crippen LogP contribution >= 0.6 is 0 Å². The van der Waals surface area contributed by atoms with Crippen molar-refractivity contribution in [2.24, 2.45) is 0 Å². The van der Waals surface area contributed by atoms with Crippen molar-refractivity contribution in [3.63, 3.8) is 0 Å². The highest BCUT2D eigenvalue weighted by molar-refractivity contribution is 7.92. The van der Waals surface area contributed by atoms with E-state index in [0.717, 1.165) is 11.1 Å². The molecule has 0 spiro atoms. The molecule has 0 radical (unpaired) electrons. The van der Waals surface area contributed by atoms with E-state index in [1.54, 1.807) is 66.7 Å². The van der Waals surface area contributed by atoms with Crippen molar-refractivity contribution in [2.45, 2.75) is 31.8 Å². The van der Waals surface area contributed by atoms with Gasteiger partial charge < -0.3 is 10.1 Å². The van der Waals surface area contributed by atoms with Gasteiger partial charge in [-0.15, -0.1) is 0 Å². The topological polar surface area (TPSA) is 92.8 Å². The minimum Gasteiger partial charge on any atom is -0.476 e. The molecule has 1 N–H and O–H groups in total. The summed E-state index contributed by atoms with van der Waals surface area (Å²) < 4.78 is 34.2. The second-order valence-electron chi connectivity index (χ2n) is 8.05. The number of sulfonamides is 1. The normalized spacial score (nSPS) is 15.4. The SMILES string of the molecule is CC(=O)c1cccc(NC(=O)[C@H]2CN(S(=O)(=O)c3ccc(C)cc3)c3cc(C)ccc3O2)c1. The Labute approximate surface area is 193 Å². The number of ether oxygens (including phenoxy) is 1. The summed E-state index contributed by atoms with van der Waals surface area (Å²) >= 11 is 0. The van der Waals surface area contributed by atoms with Crippen LogP contribution in [0.15, 0.2) is 71.6 Å². The van der Waals surface area contributed by atoms with Crippen LogP contribution in [0.5, 0.6) is 5.75 Å². The second-order valence-corrected chi connectivity index (χ2v) is 9.92. The van der Waals surface area contributed by atoms with Crippen LogP contribution in [0.4, 0.5) is 11.4 Å². The monoisotopic (exact) mass is 464 g/mol. The summed E-state index contributed by atoms with van der Waals surface area (Å²) in [5.41, 5.74) is 3.08. The molecule has 1 aliphatic heterocycles. The van der Waals surface area contributed by atoms with E-state index in [2.05, 4.69) is 5.32 Å². The molecular formula is C25H24N2O5S. The lowest BCUT2D eigenvalue weighted by Crippen LogP contribution is -2.48. The number of hydrogen-bond acceptors (Lipinski definition) is 5. The highest BCUT2D eigenvalue weighted by Crippen LogP contribution is 2.38. The molecular weight excluding hydrogens is 440 g/mol. The Morgan fingerprint density at radius 2 is 1.67 bits per heavy atom. The maximum atomic E-state index is 13.5. The molecule has 170 valence electrons. The molecule has 0 aliphatic carbocycles. The maximum absolute atomic E-state index is 13.5. The maximum Gasteiger partial charge on any atom is 0.267 e. The predicted molar refractivity (Wildman–Crippen MR) is 126 cm³/mol. The number of nitrogens with zero attached hydrogens (tertiary/aromatic N) is 1. The van der Waals surface area contributed by atoms with Crippen LogP contribution in [0, 0.1) is 13.8 Å². The van der Waals surface area contributed by atoms with Crippen molar-refractivity contribution in [3.05, 3.63) is 83.4 Å². The van der Waals surface area contributed by atoms with Crippen LogP contribution in [0.25, 0.3) is 0 Å². The number of hydrogen-bond donors (Lipinski definition) is 1. The lowest BCUT2D eigenvalue weighted by Gasteiger charge is -2.35. The fraction of sp³-hybridized carbons (Fsp3) is 0.200. The zero-order valence-corrected chi connectivity index (χ0v) is 19.3. The van der Waals surface area contributed by atoms with Crippen molar-refractivity contribution in [3.8, 4) is 5.75 Å². The first-order chi connectivity index (χ1) is 15.6. The van der Waals surface area contributed by atoms with Gasteiger partial charge in [0.15, 0.2) is 11.9 Å². The minimum atomic E-state index is -3.94. The number of nitrogens with one attached hydrogen (secondary N) is 1. The first-order valence-corrected chi connectivity index (χ1v) is 11.9. The van der Waals surface area contributed by atoms with Gasteiger partial charge in [-0.25, -0.2) is 8.42 Å². The molecule has 0 saturated carbocycles. The van der Waals surface area contributed by atoms with E-state index in [-0.39, 0.29) is 17.2 Å². The summed E-state index contributed by atoms with van der Waals surface area (Å²) in [6, 6.07) is 18.3. The average Bonchev–Trinajstić information content (AvgIpc) is 2.78. The molecule has 3 aromatic rings. The molecule has 1 heterocycles. The zero-order valence-electron chi connectivity index (χ0n) is 18.5. The molecule has 8 heteroatoms. The van der Waals surface area contributed by atoms with Crippen LogP contribution < -0.4 is 14.4 Å². The van der Waals surface area contributed by atoms with E-state index in [0.29, 0.717) is 22.7 Å². The van der Waals surface area contributed by atoms with E-state index >= 15 is 0 Å². The number of rotatable bonds is 5. The van der Waals surface area contributed by atoms with E-state index < -0.39 is 22.0 Å². The minimum absolute atomic E-state index is 0.125. The number of carbonyl (C=O) groups excluding carboxylic acids is 2. The molecule has 1 atom stereocenters. The first-order valence-electron chi connectivity index (χ1n) is 10.4. The van der Waals surface area contributed by atoms with Gasteiger partial charge in [0.05, 0.1) is 17.1 Å². The third-order valence-corrected chi connectivity index (χ3v) is 7.22. The van der Waals surface area contributed by atoms with Crippen LogP contribution in [-0.4, -0.2) is 32.8 Å². The summed E-state index contributed by atoms with van der Waals surface area (Å²) in [4.78, 5) is 24.8. The Bertz CT molecular complexity index is 1330.